The summed E-state index contributed by atoms with van der Waals surface area (Å²) in [4.78, 5) is 33.6. The van der Waals surface area contributed by atoms with Gasteiger partial charge in [-0.25, -0.2) is 4.98 Å². The number of carbonyl (C=O) groups excluding carboxylic acids is 2. The number of aryl methyl sites for hydroxylation is 1. The number of aromatic nitrogens is 4. The minimum Gasteiger partial charge on any atom is -0.378 e. The van der Waals surface area contributed by atoms with Gasteiger partial charge in [0.05, 0.1) is 25.3 Å². The molecule has 0 bridgehead atoms. The van der Waals surface area contributed by atoms with Gasteiger partial charge in [0.15, 0.2) is 0 Å². The molecule has 2 N–H and O–H groups in total. The van der Waals surface area contributed by atoms with Crippen molar-refractivity contribution in [2.24, 2.45) is 0 Å². The van der Waals surface area contributed by atoms with Crippen LogP contribution in [0.5, 0.6) is 0 Å². The summed E-state index contributed by atoms with van der Waals surface area (Å²) in [5.41, 5.74) is 3.32. The lowest BCUT2D eigenvalue weighted by Crippen LogP contribution is -2.26. The van der Waals surface area contributed by atoms with E-state index in [1.807, 2.05) is 37.3 Å². The molecule has 1 unspecified atom stereocenters. The average Bonchev–Trinajstić information content (AvgIpc) is 3.60. The summed E-state index contributed by atoms with van der Waals surface area (Å²) in [6, 6.07) is 11.1. The van der Waals surface area contributed by atoms with Crippen molar-refractivity contribution in [3.05, 3.63) is 65.9 Å². The van der Waals surface area contributed by atoms with E-state index >= 15 is 0 Å². The number of ether oxygens (including phenoxy) is 1. The van der Waals surface area contributed by atoms with Gasteiger partial charge in [0.25, 0.3) is 5.91 Å². The van der Waals surface area contributed by atoms with Crippen LogP contribution in [-0.4, -0.2) is 44.1 Å². The van der Waals surface area contributed by atoms with Crippen LogP contribution in [0.2, 0.25) is 0 Å². The summed E-state index contributed by atoms with van der Waals surface area (Å²) >= 11 is 0. The molecule has 3 aromatic heterocycles. The van der Waals surface area contributed by atoms with E-state index in [0.29, 0.717) is 47.3 Å². The van der Waals surface area contributed by atoms with Crippen LogP contribution in [0, 0.1) is 6.92 Å². The van der Waals surface area contributed by atoms with E-state index in [2.05, 4.69) is 25.8 Å². The maximum absolute atomic E-state index is 12.9. The zero-order valence-corrected chi connectivity index (χ0v) is 18.7. The third kappa shape index (κ3) is 4.67. The van der Waals surface area contributed by atoms with Gasteiger partial charge in [-0.1, -0.05) is 23.4 Å². The summed E-state index contributed by atoms with van der Waals surface area (Å²) in [6.45, 7) is 2.75. The normalized spacial score (nSPS) is 15.5. The molecule has 1 fully saturated rings. The zero-order valence-electron chi connectivity index (χ0n) is 18.7. The molecular formula is C24H24N6O4. The molecule has 4 heterocycles. The molecule has 0 saturated carbocycles. The number of nitrogens with one attached hydrogen (secondary N) is 2. The number of imidazole rings is 1. The van der Waals surface area contributed by atoms with Gasteiger partial charge in [0, 0.05) is 24.1 Å². The highest BCUT2D eigenvalue weighted by Gasteiger charge is 2.20. The van der Waals surface area contributed by atoms with Gasteiger partial charge in [0.2, 0.25) is 17.6 Å². The lowest BCUT2D eigenvalue weighted by molar-refractivity contribution is -0.123. The van der Waals surface area contributed by atoms with Gasteiger partial charge in [-0.15, -0.1) is 0 Å². The molecular weight excluding hydrogens is 436 g/mol. The standard InChI is InChI=1S/C24H24N6O4/c1-15-7-8-16(11-18(15)27-24(32)19-13-25-20-6-2-3-9-30(19)20)23-28-22(34-29-23)14-26-21(31)12-17-5-4-10-33-17/h2-3,6-9,11,13,17H,4-5,10,12,14H2,1H3,(H,26,31)(H,27,32). The van der Waals surface area contributed by atoms with Crippen LogP contribution in [-0.2, 0) is 16.1 Å². The molecule has 1 aliphatic rings. The molecule has 10 heteroatoms. The Kier molecular flexibility index (Phi) is 6.05. The summed E-state index contributed by atoms with van der Waals surface area (Å²) in [5.74, 6) is 0.280. The first kappa shape index (κ1) is 21.8. The quantitative estimate of drug-likeness (QED) is 0.434. The molecule has 10 nitrogen and oxygen atoms in total. The van der Waals surface area contributed by atoms with E-state index in [9.17, 15) is 9.59 Å². The van der Waals surface area contributed by atoms with Crippen LogP contribution in [0.3, 0.4) is 0 Å². The van der Waals surface area contributed by atoms with Crippen LogP contribution >= 0.6 is 0 Å². The van der Waals surface area contributed by atoms with Gasteiger partial charge in [-0.2, -0.15) is 4.98 Å². The number of hydrogen-bond acceptors (Lipinski definition) is 7. The maximum Gasteiger partial charge on any atom is 0.274 e. The molecule has 0 radical (unpaired) electrons. The van der Waals surface area contributed by atoms with Crippen LogP contribution in [0.15, 0.2) is 53.3 Å². The largest absolute Gasteiger partial charge is 0.378 e. The summed E-state index contributed by atoms with van der Waals surface area (Å²) < 4.78 is 12.5. The second-order valence-electron chi connectivity index (χ2n) is 8.18. The Bertz CT molecular complexity index is 1340. The molecule has 0 spiro atoms. The first-order chi connectivity index (χ1) is 16.6. The monoisotopic (exact) mass is 460 g/mol. The number of carbonyl (C=O) groups is 2. The van der Waals surface area contributed by atoms with E-state index in [0.717, 1.165) is 18.4 Å². The van der Waals surface area contributed by atoms with Crippen molar-refractivity contribution in [3.8, 4) is 11.4 Å². The molecule has 174 valence electrons. The Hall–Kier alpha value is -4.05. The second kappa shape index (κ2) is 9.44. The zero-order chi connectivity index (χ0) is 23.5. The van der Waals surface area contributed by atoms with Crippen molar-refractivity contribution in [1.82, 2.24) is 24.8 Å². The van der Waals surface area contributed by atoms with E-state index < -0.39 is 0 Å². The fraction of sp³-hybridized carbons (Fsp3) is 0.292. The van der Waals surface area contributed by atoms with Gasteiger partial charge in [-0.3, -0.25) is 14.0 Å². The lowest BCUT2D eigenvalue weighted by atomic mass is 10.1. The Morgan fingerprint density at radius 1 is 1.24 bits per heavy atom. The Balaban J connectivity index is 1.26. The number of amides is 2. The summed E-state index contributed by atoms with van der Waals surface area (Å²) in [5, 5.41) is 9.75. The number of pyridine rings is 1. The summed E-state index contributed by atoms with van der Waals surface area (Å²) in [7, 11) is 0. The van der Waals surface area contributed by atoms with Gasteiger partial charge < -0.3 is 19.9 Å². The second-order valence-corrected chi connectivity index (χ2v) is 8.18. The highest BCUT2D eigenvalue weighted by molar-refractivity contribution is 6.04. The number of hydrogen-bond donors (Lipinski definition) is 2. The molecule has 1 aromatic carbocycles. The van der Waals surface area contributed by atoms with Crippen molar-refractivity contribution in [3.63, 3.8) is 0 Å². The van der Waals surface area contributed by atoms with E-state index in [-0.39, 0.29) is 24.5 Å². The molecule has 1 aliphatic heterocycles. The Morgan fingerprint density at radius 2 is 2.15 bits per heavy atom. The van der Waals surface area contributed by atoms with Crippen molar-refractivity contribution < 1.29 is 18.8 Å². The van der Waals surface area contributed by atoms with Crippen molar-refractivity contribution in [1.29, 1.82) is 0 Å². The molecule has 2 amide bonds. The van der Waals surface area contributed by atoms with Crippen LogP contribution in [0.1, 0.15) is 41.2 Å². The smallest absolute Gasteiger partial charge is 0.274 e. The number of rotatable bonds is 7. The SMILES string of the molecule is Cc1ccc(-c2noc(CNC(=O)CC3CCCO3)n2)cc1NC(=O)c1cnc2ccccn12. The minimum absolute atomic E-state index is 0.0139. The fourth-order valence-corrected chi connectivity index (χ4v) is 3.89. The molecule has 5 rings (SSSR count). The number of benzene rings is 1. The topological polar surface area (TPSA) is 124 Å². The number of anilines is 1. The van der Waals surface area contributed by atoms with Crippen molar-refractivity contribution in [2.75, 3.05) is 11.9 Å². The molecule has 34 heavy (non-hydrogen) atoms. The van der Waals surface area contributed by atoms with Gasteiger partial charge in [0.1, 0.15) is 11.3 Å². The third-order valence-electron chi connectivity index (χ3n) is 5.74. The third-order valence-corrected chi connectivity index (χ3v) is 5.74. The Labute approximate surface area is 195 Å². The fourth-order valence-electron chi connectivity index (χ4n) is 3.89. The van der Waals surface area contributed by atoms with Crippen LogP contribution < -0.4 is 10.6 Å². The minimum atomic E-state index is -0.276. The number of nitrogens with zero attached hydrogens (tertiary/aromatic N) is 4. The number of fused-ring (bicyclic) bond motifs is 1. The average molecular weight is 460 g/mol. The van der Waals surface area contributed by atoms with Gasteiger partial charge >= 0.3 is 0 Å². The van der Waals surface area contributed by atoms with E-state index in [4.69, 9.17) is 9.26 Å². The van der Waals surface area contributed by atoms with E-state index in [1.54, 1.807) is 22.9 Å². The van der Waals surface area contributed by atoms with Gasteiger partial charge in [-0.05, 0) is 43.5 Å². The predicted molar refractivity (Wildman–Crippen MR) is 123 cm³/mol. The van der Waals surface area contributed by atoms with Crippen LogP contribution in [0.25, 0.3) is 17.0 Å². The Morgan fingerprint density at radius 3 is 3.00 bits per heavy atom. The predicted octanol–water partition coefficient (Wildman–Crippen LogP) is 3.13. The molecule has 1 saturated heterocycles. The maximum atomic E-state index is 12.9. The van der Waals surface area contributed by atoms with Crippen molar-refractivity contribution in [2.45, 2.75) is 38.8 Å². The first-order valence-corrected chi connectivity index (χ1v) is 11.1. The molecule has 1 atom stereocenters. The van der Waals surface area contributed by atoms with Crippen molar-refractivity contribution >= 4 is 23.1 Å². The first-order valence-electron chi connectivity index (χ1n) is 11.1. The highest BCUT2D eigenvalue weighted by atomic mass is 16.5. The van der Waals surface area contributed by atoms with Crippen LogP contribution in [0.4, 0.5) is 5.69 Å². The highest BCUT2D eigenvalue weighted by Crippen LogP contribution is 2.24. The molecule has 0 aliphatic carbocycles. The lowest BCUT2D eigenvalue weighted by Gasteiger charge is -2.09. The summed E-state index contributed by atoms with van der Waals surface area (Å²) in [6.07, 6.45) is 5.54. The van der Waals surface area contributed by atoms with E-state index in [1.165, 1.54) is 0 Å². The molecule has 4 aromatic rings.